The first-order valence-corrected chi connectivity index (χ1v) is 7.80. The van der Waals surface area contributed by atoms with Crippen LogP contribution >= 0.6 is 11.8 Å². The Hall–Kier alpha value is -1.30. The third kappa shape index (κ3) is 3.18. The Bertz CT molecular complexity index is 467. The lowest BCUT2D eigenvalue weighted by Crippen LogP contribution is -2.30. The van der Waals surface area contributed by atoms with Gasteiger partial charge in [-0.1, -0.05) is 6.42 Å². The van der Waals surface area contributed by atoms with E-state index in [1.807, 2.05) is 11.8 Å². The molecule has 5 nitrogen and oxygen atoms in total. The maximum absolute atomic E-state index is 11.3. The second kappa shape index (κ2) is 6.23. The Labute approximate surface area is 117 Å². The van der Waals surface area contributed by atoms with Gasteiger partial charge in [-0.15, -0.1) is 0 Å². The molecule has 1 saturated heterocycles. The summed E-state index contributed by atoms with van der Waals surface area (Å²) in [5.41, 5.74) is 0.837. The van der Waals surface area contributed by atoms with Gasteiger partial charge in [0.1, 0.15) is 0 Å². The monoisotopic (exact) mass is 281 g/mol. The van der Waals surface area contributed by atoms with E-state index in [9.17, 15) is 10.1 Å². The maximum Gasteiger partial charge on any atom is 0.314 e. The summed E-state index contributed by atoms with van der Waals surface area (Å²) in [5.74, 6) is 0.533. The first-order valence-electron chi connectivity index (χ1n) is 6.51. The van der Waals surface area contributed by atoms with Gasteiger partial charge < -0.3 is 4.90 Å². The number of thioether (sulfide) groups is 1. The van der Waals surface area contributed by atoms with Crippen molar-refractivity contribution in [2.45, 2.75) is 31.4 Å². The zero-order chi connectivity index (χ0) is 13.8. The summed E-state index contributed by atoms with van der Waals surface area (Å²) in [6.45, 7) is 3.47. The van der Waals surface area contributed by atoms with Crippen LogP contribution in [-0.2, 0) is 0 Å². The van der Waals surface area contributed by atoms with Crippen LogP contribution in [0.3, 0.4) is 0 Å². The SMILES string of the molecule is CSC1CCCCN(c2nccc(C)c2[N+](=O)[O-])C1. The molecule has 19 heavy (non-hydrogen) atoms. The Morgan fingerprint density at radius 1 is 1.53 bits per heavy atom. The summed E-state index contributed by atoms with van der Waals surface area (Å²) in [7, 11) is 0. The fourth-order valence-corrected chi connectivity index (χ4v) is 3.21. The molecule has 1 unspecified atom stereocenters. The molecule has 1 aromatic heterocycles. The zero-order valence-corrected chi connectivity index (χ0v) is 12.2. The van der Waals surface area contributed by atoms with Gasteiger partial charge in [0.25, 0.3) is 0 Å². The molecule has 1 aromatic rings. The number of aryl methyl sites for hydroxylation is 1. The Kier molecular flexibility index (Phi) is 4.63. The first-order chi connectivity index (χ1) is 9.13. The molecule has 2 rings (SSSR count). The lowest BCUT2D eigenvalue weighted by Gasteiger charge is -2.24. The number of nitro groups is 1. The van der Waals surface area contributed by atoms with Gasteiger partial charge in [-0.2, -0.15) is 11.8 Å². The van der Waals surface area contributed by atoms with E-state index in [4.69, 9.17) is 0 Å². The lowest BCUT2D eigenvalue weighted by molar-refractivity contribution is -0.384. The van der Waals surface area contributed by atoms with Gasteiger partial charge in [0, 0.05) is 30.1 Å². The second-order valence-electron chi connectivity index (χ2n) is 4.86. The fourth-order valence-electron chi connectivity index (χ4n) is 2.48. The van der Waals surface area contributed by atoms with Crippen LogP contribution in [0.4, 0.5) is 11.5 Å². The van der Waals surface area contributed by atoms with Crippen molar-refractivity contribution in [2.75, 3.05) is 24.2 Å². The number of hydrogen-bond donors (Lipinski definition) is 0. The maximum atomic E-state index is 11.3. The van der Waals surface area contributed by atoms with Crippen molar-refractivity contribution in [3.8, 4) is 0 Å². The van der Waals surface area contributed by atoms with Crippen molar-refractivity contribution in [3.05, 3.63) is 27.9 Å². The molecule has 2 heterocycles. The average molecular weight is 281 g/mol. The largest absolute Gasteiger partial charge is 0.350 e. The minimum atomic E-state index is -0.309. The molecule has 6 heteroatoms. The van der Waals surface area contributed by atoms with Gasteiger partial charge in [0.15, 0.2) is 0 Å². The molecule has 0 spiro atoms. The summed E-state index contributed by atoms with van der Waals surface area (Å²) < 4.78 is 0. The van der Waals surface area contributed by atoms with E-state index in [0.29, 0.717) is 16.6 Å². The predicted molar refractivity (Wildman–Crippen MR) is 79.0 cm³/mol. The summed E-state index contributed by atoms with van der Waals surface area (Å²) in [6.07, 6.45) is 7.20. The molecule has 0 aromatic carbocycles. The third-order valence-electron chi connectivity index (χ3n) is 3.55. The average Bonchev–Trinajstić information content (AvgIpc) is 2.63. The minimum Gasteiger partial charge on any atom is -0.350 e. The van der Waals surface area contributed by atoms with Crippen molar-refractivity contribution >= 4 is 23.3 Å². The van der Waals surface area contributed by atoms with Crippen LogP contribution in [0.1, 0.15) is 24.8 Å². The number of rotatable bonds is 3. The highest BCUT2D eigenvalue weighted by Gasteiger charge is 2.26. The highest BCUT2D eigenvalue weighted by molar-refractivity contribution is 7.99. The lowest BCUT2D eigenvalue weighted by atomic mass is 10.2. The summed E-state index contributed by atoms with van der Waals surface area (Å²) in [6, 6.07) is 1.70. The standard InChI is InChI=1S/C13H19N3O2S/c1-10-6-7-14-13(12(10)16(17)18)15-8-4-3-5-11(9-15)19-2/h6-7,11H,3-5,8-9H2,1-2H3. The number of hydrogen-bond acceptors (Lipinski definition) is 5. The zero-order valence-electron chi connectivity index (χ0n) is 11.3. The molecule has 1 aliphatic rings. The molecule has 1 fully saturated rings. The van der Waals surface area contributed by atoms with Crippen LogP contribution in [0.2, 0.25) is 0 Å². The van der Waals surface area contributed by atoms with E-state index in [-0.39, 0.29) is 10.6 Å². The van der Waals surface area contributed by atoms with E-state index >= 15 is 0 Å². The molecule has 0 aliphatic carbocycles. The first kappa shape index (κ1) is 14.1. The molecule has 0 bridgehead atoms. The Morgan fingerprint density at radius 2 is 2.32 bits per heavy atom. The third-order valence-corrected chi connectivity index (χ3v) is 4.60. The highest BCUT2D eigenvalue weighted by Crippen LogP contribution is 2.31. The molecule has 104 valence electrons. The molecule has 1 aliphatic heterocycles. The van der Waals surface area contributed by atoms with Crippen LogP contribution < -0.4 is 4.90 Å². The summed E-state index contributed by atoms with van der Waals surface area (Å²) >= 11 is 1.84. The molecule has 0 N–H and O–H groups in total. The number of aromatic nitrogens is 1. The number of pyridine rings is 1. The molecular weight excluding hydrogens is 262 g/mol. The van der Waals surface area contributed by atoms with Crippen LogP contribution in [0.15, 0.2) is 12.3 Å². The second-order valence-corrected chi connectivity index (χ2v) is 5.99. The number of nitrogens with zero attached hydrogens (tertiary/aromatic N) is 3. The molecule has 0 amide bonds. The van der Waals surface area contributed by atoms with Crippen molar-refractivity contribution in [1.82, 2.24) is 4.98 Å². The number of anilines is 1. The summed E-state index contributed by atoms with van der Waals surface area (Å²) in [4.78, 5) is 17.3. The van der Waals surface area contributed by atoms with Crippen molar-refractivity contribution in [1.29, 1.82) is 0 Å². The van der Waals surface area contributed by atoms with E-state index < -0.39 is 0 Å². The van der Waals surface area contributed by atoms with Gasteiger partial charge in [0.2, 0.25) is 5.82 Å². The van der Waals surface area contributed by atoms with Crippen molar-refractivity contribution < 1.29 is 4.92 Å². The highest BCUT2D eigenvalue weighted by atomic mass is 32.2. The topological polar surface area (TPSA) is 59.3 Å². The van der Waals surface area contributed by atoms with Gasteiger partial charge in [-0.3, -0.25) is 10.1 Å². The van der Waals surface area contributed by atoms with Gasteiger partial charge in [0.05, 0.1) is 4.92 Å². The molecular formula is C13H19N3O2S. The molecule has 0 saturated carbocycles. The van der Waals surface area contributed by atoms with E-state index in [1.165, 1.54) is 12.8 Å². The summed E-state index contributed by atoms with van der Waals surface area (Å²) in [5, 5.41) is 11.8. The van der Waals surface area contributed by atoms with E-state index in [0.717, 1.165) is 19.5 Å². The van der Waals surface area contributed by atoms with Gasteiger partial charge >= 0.3 is 5.69 Å². The quantitative estimate of drug-likeness (QED) is 0.629. The van der Waals surface area contributed by atoms with Crippen LogP contribution in [-0.4, -0.2) is 34.5 Å². The van der Waals surface area contributed by atoms with Crippen LogP contribution in [0, 0.1) is 17.0 Å². The van der Waals surface area contributed by atoms with Crippen LogP contribution in [0.25, 0.3) is 0 Å². The normalized spacial score (nSPS) is 20.1. The minimum absolute atomic E-state index is 0.157. The van der Waals surface area contributed by atoms with E-state index in [2.05, 4.69) is 16.1 Å². The molecule has 1 atom stereocenters. The van der Waals surface area contributed by atoms with Crippen molar-refractivity contribution in [3.63, 3.8) is 0 Å². The van der Waals surface area contributed by atoms with Crippen molar-refractivity contribution in [2.24, 2.45) is 0 Å². The van der Waals surface area contributed by atoms with Gasteiger partial charge in [-0.25, -0.2) is 4.98 Å². The smallest absolute Gasteiger partial charge is 0.314 e. The molecule has 0 radical (unpaired) electrons. The predicted octanol–water partition coefficient (Wildman–Crippen LogP) is 3.02. The van der Waals surface area contributed by atoms with E-state index in [1.54, 1.807) is 19.2 Å². The van der Waals surface area contributed by atoms with Crippen LogP contribution in [0.5, 0.6) is 0 Å². The Balaban J connectivity index is 2.34. The Morgan fingerprint density at radius 3 is 3.00 bits per heavy atom. The fraction of sp³-hybridized carbons (Fsp3) is 0.615. The van der Waals surface area contributed by atoms with Gasteiger partial charge in [-0.05, 0) is 32.1 Å².